The number of hydrogen-bond donors (Lipinski definition) is 0. The minimum atomic E-state index is -0.0816. The molecule has 0 heterocycles. The molecule has 0 aromatic heterocycles. The minimum absolute atomic E-state index is 0.0629. The summed E-state index contributed by atoms with van der Waals surface area (Å²) in [5.41, 5.74) is 6.10. The molecule has 572 valence electrons. The van der Waals surface area contributed by atoms with Crippen LogP contribution in [0.15, 0.2) is 97.1 Å². The van der Waals surface area contributed by atoms with Gasteiger partial charge in [-0.2, -0.15) is 0 Å². The van der Waals surface area contributed by atoms with E-state index in [1.807, 2.05) is 0 Å². The smallest absolute Gasteiger partial charge is 0.120 e. The monoisotopic (exact) mass is 1370 g/mol. The van der Waals surface area contributed by atoms with Crippen LogP contribution in [0.2, 0.25) is 0 Å². The maximum atomic E-state index is 6.04. The maximum Gasteiger partial charge on any atom is 0.120 e. The van der Waals surface area contributed by atoms with Gasteiger partial charge in [0.2, 0.25) is 0 Å². The van der Waals surface area contributed by atoms with Crippen LogP contribution in [0.5, 0.6) is 23.0 Å². The number of benzene rings is 4. The van der Waals surface area contributed by atoms with Crippen molar-refractivity contribution in [3.8, 4) is 23.0 Å². The van der Waals surface area contributed by atoms with E-state index in [0.29, 0.717) is 11.8 Å². The van der Waals surface area contributed by atoms with Crippen LogP contribution in [-0.2, 0) is 29.8 Å². The van der Waals surface area contributed by atoms with Gasteiger partial charge in [0.1, 0.15) is 45.4 Å². The Morgan fingerprint density at radius 3 is 0.592 bits per heavy atom. The molecule has 0 fully saturated rings. The zero-order chi connectivity index (χ0) is 77.1. The molecular weight excluding hydrogens is 1210 g/mol. The van der Waals surface area contributed by atoms with Crippen molar-refractivity contribution in [2.45, 2.75) is 406 Å². The van der Waals surface area contributed by atoms with Crippen LogP contribution >= 0.6 is 0 Å². The highest BCUT2D eigenvalue weighted by molar-refractivity contribution is 5.34. The fourth-order valence-corrected chi connectivity index (χ4v) is 8.98. The van der Waals surface area contributed by atoms with Crippen LogP contribution in [0.25, 0.3) is 0 Å². The lowest BCUT2D eigenvalue weighted by atomic mass is 9.82. The minimum Gasteiger partial charge on any atom is -0.488 e. The molecule has 2 unspecified atom stereocenters. The van der Waals surface area contributed by atoms with Gasteiger partial charge in [0.15, 0.2) is 0 Å². The summed E-state index contributed by atoms with van der Waals surface area (Å²) in [5, 5.41) is 0. The van der Waals surface area contributed by atoms with E-state index in [9.17, 15) is 0 Å². The number of hydrogen-bond acceptors (Lipinski definition) is 8. The molecule has 4 rings (SSSR count). The van der Waals surface area contributed by atoms with Crippen LogP contribution in [-0.4, -0.2) is 73.2 Å². The fraction of sp³-hybridized carbons (Fsp3) is 0.733. The fourth-order valence-electron chi connectivity index (χ4n) is 8.98. The highest BCUT2D eigenvalue weighted by atomic mass is 16.5. The van der Waals surface area contributed by atoms with E-state index in [1.54, 1.807) is 28.4 Å². The highest BCUT2D eigenvalue weighted by Gasteiger charge is 2.24. The van der Waals surface area contributed by atoms with Gasteiger partial charge in [-0.15, -0.1) is 0 Å². The SMILES string of the molecule is CCC(C)(C)OC.CCC(C)(C)OC.CCC(C)(C)Oc1ccc(C(C)(C)CC)cc1.CCC(C)c1ccc(OC(C)(C)CC)cc1.CCCC(C)(C)OC.CCCC(C)(C)OC.CCCC(C)(C)Oc1ccc(C(C)(C)CC)cc1.CCCC(C)(C)Oc1ccc(C(C)CC)cc1. The summed E-state index contributed by atoms with van der Waals surface area (Å²) in [5.74, 6) is 5.16. The predicted molar refractivity (Wildman–Crippen MR) is 434 cm³/mol. The third-order valence-corrected chi connectivity index (χ3v) is 19.8. The van der Waals surface area contributed by atoms with Crippen molar-refractivity contribution in [3.05, 3.63) is 119 Å². The average Bonchev–Trinajstić information content (AvgIpc) is 0.857. The first kappa shape index (κ1) is 100. The molecule has 0 aliphatic rings. The predicted octanol–water partition coefficient (Wildman–Crippen LogP) is 28.3. The molecule has 0 saturated heterocycles. The molecular formula is C90H164O8. The lowest BCUT2D eigenvalue weighted by Crippen LogP contribution is -2.27. The molecule has 98 heavy (non-hydrogen) atoms. The number of ether oxygens (including phenoxy) is 8. The lowest BCUT2D eigenvalue weighted by molar-refractivity contribution is 0.0147. The van der Waals surface area contributed by atoms with E-state index in [-0.39, 0.29) is 55.6 Å². The summed E-state index contributed by atoms with van der Waals surface area (Å²) >= 11 is 0. The third kappa shape index (κ3) is 47.9. The van der Waals surface area contributed by atoms with E-state index in [4.69, 9.17) is 37.9 Å². The Labute approximate surface area is 611 Å². The van der Waals surface area contributed by atoms with Crippen LogP contribution in [0, 0.1) is 0 Å². The second-order valence-corrected chi connectivity index (χ2v) is 33.0. The van der Waals surface area contributed by atoms with Crippen molar-refractivity contribution in [2.75, 3.05) is 28.4 Å². The van der Waals surface area contributed by atoms with Crippen LogP contribution in [0.3, 0.4) is 0 Å². The molecule has 0 aliphatic heterocycles. The van der Waals surface area contributed by atoms with Crippen LogP contribution < -0.4 is 18.9 Å². The van der Waals surface area contributed by atoms with E-state index in [0.717, 1.165) is 100 Å². The molecule has 0 saturated carbocycles. The summed E-state index contributed by atoms with van der Waals surface area (Å²) in [6.45, 7) is 73.6. The molecule has 0 N–H and O–H groups in total. The Hall–Kier alpha value is -4.08. The molecule has 0 aliphatic carbocycles. The summed E-state index contributed by atoms with van der Waals surface area (Å²) in [7, 11) is 7.00. The number of rotatable bonds is 32. The van der Waals surface area contributed by atoms with E-state index in [1.165, 1.54) is 47.9 Å². The molecule has 0 amide bonds. The Morgan fingerprint density at radius 2 is 0.439 bits per heavy atom. The van der Waals surface area contributed by atoms with Gasteiger partial charge in [-0.25, -0.2) is 0 Å². The summed E-state index contributed by atoms with van der Waals surface area (Å²) in [4.78, 5) is 0. The summed E-state index contributed by atoms with van der Waals surface area (Å²) < 4.78 is 44.5. The first-order valence-electron chi connectivity index (χ1n) is 38.4. The molecule has 2 atom stereocenters. The van der Waals surface area contributed by atoms with Gasteiger partial charge >= 0.3 is 0 Å². The Bertz CT molecular complexity index is 2460. The highest BCUT2D eigenvalue weighted by Crippen LogP contribution is 2.33. The molecule has 4 aromatic carbocycles. The van der Waals surface area contributed by atoms with Gasteiger partial charge in [-0.3, -0.25) is 0 Å². The standard InChI is InChI=1S/C17H28O.2C16H26O.C15H24O.2C7H16O.2C6H14O/c1-7-13-17(5,6)18-15-11-9-14(10-12-15)16(3,4)8-2;1-7-15(3,4)13-9-11-14(12-10-13)17-16(5,6)8-2;1-6-12-16(4,5)17-15-10-8-14(9-11-15)13(3)7-2;1-6-12(3)13-8-10-14(11-9-13)16-15(4,5)7-2;2*1-5-6-7(2,3)8-4;2*1-5-6(2,3)7-4/h9-12H,7-8,13H2,1-6H3;9-12H,7-8H2,1-6H3;8-11,13H,6-7,12H2,1-5H3;8-12H,6-7H2,1-5H3;2*5-6H2,1-4H3;2*5H2,1-4H3. The average molecular weight is 1370 g/mol. The third-order valence-electron chi connectivity index (χ3n) is 19.8. The van der Waals surface area contributed by atoms with Crippen molar-refractivity contribution >= 4 is 0 Å². The van der Waals surface area contributed by atoms with Crippen molar-refractivity contribution < 1.29 is 37.9 Å². The first-order valence-corrected chi connectivity index (χ1v) is 38.4. The molecule has 0 bridgehead atoms. The number of methoxy groups -OCH3 is 4. The largest absolute Gasteiger partial charge is 0.488 e. The van der Waals surface area contributed by atoms with Gasteiger partial charge in [-0.1, -0.05) is 199 Å². The van der Waals surface area contributed by atoms with Crippen molar-refractivity contribution in [1.29, 1.82) is 0 Å². The summed E-state index contributed by atoms with van der Waals surface area (Å²) in [6.07, 6.45) is 18.0. The zero-order valence-electron chi connectivity index (χ0n) is 72.0. The van der Waals surface area contributed by atoms with Gasteiger partial charge in [-0.05, 0) is 281 Å². The van der Waals surface area contributed by atoms with Gasteiger partial charge in [0.05, 0.1) is 22.4 Å². The maximum absolute atomic E-state index is 6.04. The molecule has 8 heteroatoms. The van der Waals surface area contributed by atoms with E-state index >= 15 is 0 Å². The van der Waals surface area contributed by atoms with Crippen LogP contribution in [0.1, 0.15) is 372 Å². The topological polar surface area (TPSA) is 73.8 Å². The van der Waals surface area contributed by atoms with Crippen molar-refractivity contribution in [1.82, 2.24) is 0 Å². The molecule has 4 aromatic rings. The van der Waals surface area contributed by atoms with Crippen molar-refractivity contribution in [3.63, 3.8) is 0 Å². The lowest BCUT2D eigenvalue weighted by Gasteiger charge is -2.27. The van der Waals surface area contributed by atoms with Crippen molar-refractivity contribution in [2.24, 2.45) is 0 Å². The quantitative estimate of drug-likeness (QED) is 0.0479. The zero-order valence-corrected chi connectivity index (χ0v) is 72.0. The second kappa shape index (κ2) is 49.5. The molecule has 0 radical (unpaired) electrons. The summed E-state index contributed by atoms with van der Waals surface area (Å²) in [6, 6.07) is 34.2. The molecule has 8 nitrogen and oxygen atoms in total. The first-order chi connectivity index (χ1) is 45.1. The second-order valence-electron chi connectivity index (χ2n) is 33.0. The normalized spacial score (nSPS) is 12.7. The van der Waals surface area contributed by atoms with Crippen LogP contribution in [0.4, 0.5) is 0 Å². The Morgan fingerprint density at radius 1 is 0.245 bits per heavy atom. The Kier molecular flexibility index (Phi) is 50.7. The Balaban J connectivity index is -0.000000530. The van der Waals surface area contributed by atoms with Gasteiger partial charge in [0, 0.05) is 28.4 Å². The van der Waals surface area contributed by atoms with Gasteiger partial charge < -0.3 is 37.9 Å². The van der Waals surface area contributed by atoms with E-state index in [2.05, 4.69) is 332 Å². The van der Waals surface area contributed by atoms with E-state index < -0.39 is 0 Å². The van der Waals surface area contributed by atoms with Gasteiger partial charge in [0.25, 0.3) is 0 Å². The molecule has 0 spiro atoms.